The molecule has 0 aromatic heterocycles. The molecule has 94 valence electrons. The van der Waals surface area contributed by atoms with Crippen LogP contribution in [-0.2, 0) is 10.0 Å². The molecule has 0 unspecified atom stereocenters. The highest BCUT2D eigenvalue weighted by Crippen LogP contribution is 2.16. The lowest BCUT2D eigenvalue weighted by molar-refractivity contribution is -0.385. The van der Waals surface area contributed by atoms with Gasteiger partial charge in [0.15, 0.2) is 0 Å². The monoisotopic (exact) mass is 258 g/mol. The minimum atomic E-state index is -3.64. The van der Waals surface area contributed by atoms with Crippen molar-refractivity contribution < 1.29 is 13.3 Å². The van der Waals surface area contributed by atoms with Crippen LogP contribution in [0.1, 0.15) is 19.8 Å². The summed E-state index contributed by atoms with van der Waals surface area (Å²) in [5.74, 6) is 0. The molecule has 0 amide bonds. The van der Waals surface area contributed by atoms with Gasteiger partial charge in [0.1, 0.15) is 0 Å². The number of unbranched alkanes of at least 4 members (excludes halogenated alkanes) is 1. The molecule has 7 heteroatoms. The fraction of sp³-hybridized carbons (Fsp3) is 0.400. The van der Waals surface area contributed by atoms with E-state index in [1.165, 1.54) is 18.2 Å². The summed E-state index contributed by atoms with van der Waals surface area (Å²) in [6, 6.07) is 4.99. The highest BCUT2D eigenvalue weighted by molar-refractivity contribution is 7.89. The number of nitro benzene ring substituents is 1. The summed E-state index contributed by atoms with van der Waals surface area (Å²) in [5, 5.41) is 10.5. The van der Waals surface area contributed by atoms with Crippen molar-refractivity contribution in [2.45, 2.75) is 24.7 Å². The van der Waals surface area contributed by atoms with Crippen LogP contribution in [0.15, 0.2) is 29.2 Å². The smallest absolute Gasteiger partial charge is 0.258 e. The molecule has 1 aromatic carbocycles. The highest BCUT2D eigenvalue weighted by atomic mass is 32.2. The van der Waals surface area contributed by atoms with E-state index in [1.807, 2.05) is 6.92 Å². The summed E-state index contributed by atoms with van der Waals surface area (Å²) < 4.78 is 25.9. The quantitative estimate of drug-likeness (QED) is 0.477. The molecule has 0 aliphatic carbocycles. The van der Waals surface area contributed by atoms with E-state index in [-0.39, 0.29) is 10.6 Å². The maximum Gasteiger partial charge on any atom is 0.270 e. The zero-order valence-corrected chi connectivity index (χ0v) is 10.2. The summed E-state index contributed by atoms with van der Waals surface area (Å²) in [4.78, 5) is 9.83. The van der Waals surface area contributed by atoms with Gasteiger partial charge >= 0.3 is 0 Å². The molecule has 17 heavy (non-hydrogen) atoms. The molecule has 1 rings (SSSR count). The maximum atomic E-state index is 11.7. The fourth-order valence-corrected chi connectivity index (χ4v) is 2.34. The first kappa shape index (κ1) is 13.6. The standard InChI is InChI=1S/C10H14N2O4S/c1-2-3-7-11-17(15,16)10-6-4-5-9(8-10)12(13)14/h4-6,8,11H,2-3,7H2,1H3. The molecule has 0 saturated heterocycles. The number of nitro groups is 1. The van der Waals surface area contributed by atoms with Gasteiger partial charge in [0, 0.05) is 18.7 Å². The first-order valence-electron chi connectivity index (χ1n) is 5.21. The number of sulfonamides is 1. The third-order valence-corrected chi connectivity index (χ3v) is 3.62. The molecule has 0 aliphatic heterocycles. The van der Waals surface area contributed by atoms with E-state index >= 15 is 0 Å². The Hall–Kier alpha value is -1.47. The molecule has 0 fully saturated rings. The topological polar surface area (TPSA) is 89.3 Å². The van der Waals surface area contributed by atoms with Crippen molar-refractivity contribution in [3.63, 3.8) is 0 Å². The number of nitrogens with one attached hydrogen (secondary N) is 1. The Morgan fingerprint density at radius 3 is 2.71 bits per heavy atom. The van der Waals surface area contributed by atoms with E-state index in [1.54, 1.807) is 0 Å². The Balaban J connectivity index is 2.91. The minimum Gasteiger partial charge on any atom is -0.258 e. The van der Waals surface area contributed by atoms with Crippen LogP contribution >= 0.6 is 0 Å². The second-order valence-electron chi connectivity index (χ2n) is 3.51. The van der Waals surface area contributed by atoms with Crippen molar-refractivity contribution in [2.24, 2.45) is 0 Å². The fourth-order valence-electron chi connectivity index (χ4n) is 1.23. The van der Waals surface area contributed by atoms with Crippen LogP contribution in [0.4, 0.5) is 5.69 Å². The Kier molecular flexibility index (Phi) is 4.59. The third-order valence-electron chi connectivity index (χ3n) is 2.16. The second-order valence-corrected chi connectivity index (χ2v) is 5.27. The molecule has 0 bridgehead atoms. The van der Waals surface area contributed by atoms with Gasteiger partial charge in [-0.25, -0.2) is 13.1 Å². The summed E-state index contributed by atoms with van der Waals surface area (Å²) in [6.45, 7) is 2.28. The van der Waals surface area contributed by atoms with Crippen LogP contribution in [0.25, 0.3) is 0 Å². The first-order chi connectivity index (χ1) is 7.97. The SMILES string of the molecule is CCCCNS(=O)(=O)c1cccc([N+](=O)[O-])c1. The van der Waals surface area contributed by atoms with Gasteiger partial charge in [-0.05, 0) is 12.5 Å². The number of hydrogen-bond donors (Lipinski definition) is 1. The lowest BCUT2D eigenvalue weighted by atomic mass is 10.3. The summed E-state index contributed by atoms with van der Waals surface area (Å²) in [7, 11) is -3.64. The Bertz CT molecular complexity index is 499. The molecule has 0 saturated carbocycles. The van der Waals surface area contributed by atoms with Gasteiger partial charge in [0.25, 0.3) is 5.69 Å². The van der Waals surface area contributed by atoms with Crippen LogP contribution in [0.2, 0.25) is 0 Å². The van der Waals surface area contributed by atoms with Crippen molar-refractivity contribution in [3.05, 3.63) is 34.4 Å². The molecule has 0 spiro atoms. The minimum absolute atomic E-state index is 0.0807. The van der Waals surface area contributed by atoms with Gasteiger partial charge in [-0.1, -0.05) is 19.4 Å². The number of non-ortho nitro benzene ring substituents is 1. The van der Waals surface area contributed by atoms with E-state index in [2.05, 4.69) is 4.72 Å². The molecule has 6 nitrogen and oxygen atoms in total. The van der Waals surface area contributed by atoms with Gasteiger partial charge in [-0.3, -0.25) is 10.1 Å². The van der Waals surface area contributed by atoms with E-state index in [9.17, 15) is 18.5 Å². The van der Waals surface area contributed by atoms with E-state index in [0.29, 0.717) is 6.54 Å². The van der Waals surface area contributed by atoms with Crippen molar-refractivity contribution in [3.8, 4) is 0 Å². The lowest BCUT2D eigenvalue weighted by Crippen LogP contribution is -2.24. The summed E-state index contributed by atoms with van der Waals surface area (Å²) >= 11 is 0. The van der Waals surface area contributed by atoms with E-state index in [4.69, 9.17) is 0 Å². The predicted octanol–water partition coefficient (Wildman–Crippen LogP) is 1.67. The summed E-state index contributed by atoms with van der Waals surface area (Å²) in [6.07, 6.45) is 1.60. The van der Waals surface area contributed by atoms with Gasteiger partial charge < -0.3 is 0 Å². The summed E-state index contributed by atoms with van der Waals surface area (Å²) in [5.41, 5.74) is -0.233. The van der Waals surface area contributed by atoms with Crippen LogP contribution in [0, 0.1) is 10.1 Å². The van der Waals surface area contributed by atoms with Crippen LogP contribution < -0.4 is 4.72 Å². The maximum absolute atomic E-state index is 11.7. The molecule has 1 N–H and O–H groups in total. The molecular weight excluding hydrogens is 244 g/mol. The molecule has 0 atom stereocenters. The number of hydrogen-bond acceptors (Lipinski definition) is 4. The van der Waals surface area contributed by atoms with E-state index in [0.717, 1.165) is 18.9 Å². The Morgan fingerprint density at radius 1 is 1.41 bits per heavy atom. The van der Waals surface area contributed by atoms with Crippen LogP contribution in [0.5, 0.6) is 0 Å². The van der Waals surface area contributed by atoms with Gasteiger partial charge in [0.2, 0.25) is 10.0 Å². The van der Waals surface area contributed by atoms with Gasteiger partial charge in [-0.15, -0.1) is 0 Å². The highest BCUT2D eigenvalue weighted by Gasteiger charge is 2.16. The van der Waals surface area contributed by atoms with Crippen molar-refractivity contribution in [1.82, 2.24) is 4.72 Å². The average molecular weight is 258 g/mol. The van der Waals surface area contributed by atoms with Crippen LogP contribution in [0.3, 0.4) is 0 Å². The van der Waals surface area contributed by atoms with E-state index < -0.39 is 14.9 Å². The molecule has 0 radical (unpaired) electrons. The predicted molar refractivity (Wildman–Crippen MR) is 63.2 cm³/mol. The number of rotatable bonds is 6. The lowest BCUT2D eigenvalue weighted by Gasteiger charge is -2.05. The molecule has 0 aliphatic rings. The van der Waals surface area contributed by atoms with Crippen LogP contribution in [-0.4, -0.2) is 19.9 Å². The Labute approximate surface area is 99.9 Å². The second kappa shape index (κ2) is 5.74. The van der Waals surface area contributed by atoms with Gasteiger partial charge in [-0.2, -0.15) is 0 Å². The Morgan fingerprint density at radius 2 is 2.12 bits per heavy atom. The van der Waals surface area contributed by atoms with Crippen molar-refractivity contribution in [2.75, 3.05) is 6.54 Å². The molecular formula is C10H14N2O4S. The zero-order chi connectivity index (χ0) is 12.9. The largest absolute Gasteiger partial charge is 0.270 e. The van der Waals surface area contributed by atoms with Crippen molar-refractivity contribution >= 4 is 15.7 Å². The molecule has 0 heterocycles. The number of benzene rings is 1. The van der Waals surface area contributed by atoms with Gasteiger partial charge in [0.05, 0.1) is 9.82 Å². The number of nitrogens with zero attached hydrogens (tertiary/aromatic N) is 1. The third kappa shape index (κ3) is 3.79. The first-order valence-corrected chi connectivity index (χ1v) is 6.70. The molecule has 1 aromatic rings. The normalized spacial score (nSPS) is 11.4. The average Bonchev–Trinajstić information content (AvgIpc) is 2.29. The van der Waals surface area contributed by atoms with Crippen molar-refractivity contribution in [1.29, 1.82) is 0 Å². The zero-order valence-electron chi connectivity index (χ0n) is 9.42.